The molecular weight excluding hydrogens is 246 g/mol. The summed E-state index contributed by atoms with van der Waals surface area (Å²) in [5, 5.41) is 9.25. The molecule has 7 heteroatoms. The molecule has 1 rings (SSSR count). The number of carbonyl (C=O) groups excluding carboxylic acids is 2. The summed E-state index contributed by atoms with van der Waals surface area (Å²) in [6.07, 6.45) is 1.94. The van der Waals surface area contributed by atoms with Crippen LogP contribution < -0.4 is 11.1 Å². The molecule has 0 unspecified atom stereocenters. The van der Waals surface area contributed by atoms with Crippen molar-refractivity contribution < 1.29 is 9.59 Å². The highest BCUT2D eigenvalue weighted by Gasteiger charge is 2.20. The third-order valence-corrected chi connectivity index (χ3v) is 2.89. The van der Waals surface area contributed by atoms with Crippen LogP contribution in [0.2, 0.25) is 0 Å². The summed E-state index contributed by atoms with van der Waals surface area (Å²) in [5.74, 6) is -0.388. The van der Waals surface area contributed by atoms with Gasteiger partial charge in [0.25, 0.3) is 5.91 Å². The fourth-order valence-corrected chi connectivity index (χ4v) is 1.67. The fraction of sp³-hybridized carbons (Fsp3) is 0.583. The molecule has 0 bridgehead atoms. The maximum Gasteiger partial charge on any atom is 0.276 e. The lowest BCUT2D eigenvalue weighted by atomic mass is 10.2. The van der Waals surface area contributed by atoms with Crippen LogP contribution in [0.4, 0.5) is 5.69 Å². The molecule has 0 fully saturated rings. The van der Waals surface area contributed by atoms with Gasteiger partial charge in [0.05, 0.1) is 11.4 Å². The number of nitrogens with zero attached hydrogens (tertiary/aromatic N) is 2. The lowest BCUT2D eigenvalue weighted by Gasteiger charge is -2.15. The first-order chi connectivity index (χ1) is 9.01. The molecule has 106 valence electrons. The smallest absolute Gasteiger partial charge is 0.276 e. The van der Waals surface area contributed by atoms with Crippen molar-refractivity contribution >= 4 is 17.5 Å². The number of anilines is 1. The van der Waals surface area contributed by atoms with Crippen LogP contribution in [0.5, 0.6) is 0 Å². The Bertz CT molecular complexity index is 455. The average Bonchev–Trinajstić information content (AvgIpc) is 2.76. The van der Waals surface area contributed by atoms with E-state index >= 15 is 0 Å². The second kappa shape index (κ2) is 6.77. The van der Waals surface area contributed by atoms with Crippen LogP contribution in [0.25, 0.3) is 0 Å². The van der Waals surface area contributed by atoms with E-state index in [2.05, 4.69) is 15.5 Å². The average molecular weight is 267 g/mol. The zero-order valence-electron chi connectivity index (χ0n) is 11.6. The van der Waals surface area contributed by atoms with E-state index in [1.165, 1.54) is 4.90 Å². The number of aromatic nitrogens is 2. The van der Waals surface area contributed by atoms with E-state index in [4.69, 9.17) is 5.73 Å². The van der Waals surface area contributed by atoms with Crippen molar-refractivity contribution in [3.8, 4) is 0 Å². The summed E-state index contributed by atoms with van der Waals surface area (Å²) < 4.78 is 0. The minimum absolute atomic E-state index is 0.110. The fourth-order valence-electron chi connectivity index (χ4n) is 1.67. The maximum absolute atomic E-state index is 12.1. The van der Waals surface area contributed by atoms with Crippen LogP contribution in [0, 0.1) is 0 Å². The van der Waals surface area contributed by atoms with Crippen molar-refractivity contribution in [3.05, 3.63) is 11.4 Å². The largest absolute Gasteiger partial charge is 0.395 e. The van der Waals surface area contributed by atoms with Crippen LogP contribution in [-0.4, -0.2) is 47.6 Å². The van der Waals surface area contributed by atoms with Crippen molar-refractivity contribution in [1.29, 1.82) is 0 Å². The van der Waals surface area contributed by atoms with Gasteiger partial charge in [-0.1, -0.05) is 13.3 Å². The number of carbonyl (C=O) groups is 2. The topological polar surface area (TPSA) is 104 Å². The van der Waals surface area contributed by atoms with Gasteiger partial charge in [0.15, 0.2) is 5.69 Å². The number of amides is 2. The van der Waals surface area contributed by atoms with Gasteiger partial charge in [-0.25, -0.2) is 0 Å². The molecule has 0 aliphatic heterocycles. The Kier molecular flexibility index (Phi) is 5.35. The van der Waals surface area contributed by atoms with Gasteiger partial charge in [0.2, 0.25) is 5.91 Å². The molecule has 0 aromatic carbocycles. The van der Waals surface area contributed by atoms with Gasteiger partial charge in [0, 0.05) is 27.1 Å². The number of aromatic amines is 1. The second-order valence-electron chi connectivity index (χ2n) is 4.36. The van der Waals surface area contributed by atoms with E-state index in [9.17, 15) is 9.59 Å². The lowest BCUT2D eigenvalue weighted by molar-refractivity contribution is -0.120. The first kappa shape index (κ1) is 15.0. The maximum atomic E-state index is 12.1. The highest BCUT2D eigenvalue weighted by molar-refractivity contribution is 5.97. The molecular formula is C12H21N5O2. The normalized spacial score (nSPS) is 10.3. The molecule has 1 aromatic heterocycles. The van der Waals surface area contributed by atoms with Crippen molar-refractivity contribution in [2.45, 2.75) is 26.2 Å². The quantitative estimate of drug-likeness (QED) is 0.682. The molecule has 0 saturated heterocycles. The van der Waals surface area contributed by atoms with Crippen LogP contribution in [0.15, 0.2) is 0 Å². The summed E-state index contributed by atoms with van der Waals surface area (Å²) in [4.78, 5) is 24.7. The Morgan fingerprint density at radius 2 is 2.16 bits per heavy atom. The van der Waals surface area contributed by atoms with Gasteiger partial charge in [-0.05, 0) is 6.42 Å². The number of nitrogens with two attached hydrogens (primary N) is 1. The van der Waals surface area contributed by atoms with Crippen molar-refractivity contribution in [2.75, 3.05) is 26.4 Å². The first-order valence-electron chi connectivity index (χ1n) is 6.30. The summed E-state index contributed by atoms with van der Waals surface area (Å²) in [5.41, 5.74) is 7.30. The molecule has 0 aliphatic rings. The van der Waals surface area contributed by atoms with Gasteiger partial charge in [-0.15, -0.1) is 0 Å². The van der Waals surface area contributed by atoms with Gasteiger partial charge >= 0.3 is 0 Å². The predicted molar refractivity (Wildman–Crippen MR) is 72.6 cm³/mol. The number of hydrogen-bond acceptors (Lipinski definition) is 4. The number of aryl methyl sites for hydroxylation is 1. The molecule has 0 spiro atoms. The molecule has 2 amide bonds. The SMILES string of the molecule is CCCc1[nH]nc(C(=O)N(C)CCC(=O)NC)c1N. The highest BCUT2D eigenvalue weighted by atomic mass is 16.2. The molecule has 1 heterocycles. The monoisotopic (exact) mass is 267 g/mol. The van der Waals surface area contributed by atoms with Crippen LogP contribution >= 0.6 is 0 Å². The molecule has 7 nitrogen and oxygen atoms in total. The molecule has 0 saturated carbocycles. The summed E-state index contributed by atoms with van der Waals surface area (Å²) in [6, 6.07) is 0. The minimum atomic E-state index is -0.278. The Morgan fingerprint density at radius 3 is 2.74 bits per heavy atom. The van der Waals surface area contributed by atoms with Gasteiger partial charge in [0.1, 0.15) is 0 Å². The highest BCUT2D eigenvalue weighted by Crippen LogP contribution is 2.17. The molecule has 0 radical (unpaired) electrons. The molecule has 0 atom stereocenters. The number of hydrogen-bond donors (Lipinski definition) is 3. The standard InChI is InChI=1S/C12H21N5O2/c1-4-5-8-10(13)11(16-15-8)12(19)17(3)7-6-9(18)14-2/h4-7,13H2,1-3H3,(H,14,18)(H,15,16). The first-order valence-corrected chi connectivity index (χ1v) is 6.30. The second-order valence-corrected chi connectivity index (χ2v) is 4.36. The third kappa shape index (κ3) is 3.70. The number of rotatable bonds is 6. The Labute approximate surface area is 112 Å². The summed E-state index contributed by atoms with van der Waals surface area (Å²) >= 11 is 0. The van der Waals surface area contributed by atoms with E-state index in [1.54, 1.807) is 14.1 Å². The van der Waals surface area contributed by atoms with Gasteiger partial charge in [-0.3, -0.25) is 14.7 Å². The molecule has 0 aliphatic carbocycles. The summed E-state index contributed by atoms with van der Waals surface area (Å²) in [7, 11) is 3.19. The van der Waals surface area contributed by atoms with E-state index in [-0.39, 0.29) is 23.9 Å². The van der Waals surface area contributed by atoms with Crippen LogP contribution in [-0.2, 0) is 11.2 Å². The zero-order chi connectivity index (χ0) is 14.4. The van der Waals surface area contributed by atoms with Crippen molar-refractivity contribution in [2.24, 2.45) is 0 Å². The number of H-pyrrole nitrogens is 1. The molecule has 4 N–H and O–H groups in total. The van der Waals surface area contributed by atoms with E-state index in [1.807, 2.05) is 6.92 Å². The van der Waals surface area contributed by atoms with E-state index < -0.39 is 0 Å². The number of nitrogens with one attached hydrogen (secondary N) is 2. The van der Waals surface area contributed by atoms with E-state index in [0.29, 0.717) is 12.2 Å². The minimum Gasteiger partial charge on any atom is -0.395 e. The van der Waals surface area contributed by atoms with Gasteiger partial charge in [-0.2, -0.15) is 5.10 Å². The molecule has 1 aromatic rings. The Morgan fingerprint density at radius 1 is 1.47 bits per heavy atom. The Hall–Kier alpha value is -2.05. The van der Waals surface area contributed by atoms with E-state index in [0.717, 1.165) is 18.5 Å². The number of nitrogen functional groups attached to an aromatic ring is 1. The van der Waals surface area contributed by atoms with Crippen LogP contribution in [0.3, 0.4) is 0 Å². The zero-order valence-corrected chi connectivity index (χ0v) is 11.6. The summed E-state index contributed by atoms with van der Waals surface area (Å²) in [6.45, 7) is 2.35. The lowest BCUT2D eigenvalue weighted by Crippen LogP contribution is -2.32. The van der Waals surface area contributed by atoms with Crippen molar-refractivity contribution in [3.63, 3.8) is 0 Å². The van der Waals surface area contributed by atoms with Crippen molar-refractivity contribution in [1.82, 2.24) is 20.4 Å². The third-order valence-electron chi connectivity index (χ3n) is 2.89. The predicted octanol–water partition coefficient (Wildman–Crippen LogP) is 0.153. The Balaban J connectivity index is 2.69. The van der Waals surface area contributed by atoms with Gasteiger partial charge < -0.3 is 16.0 Å². The molecule has 19 heavy (non-hydrogen) atoms. The van der Waals surface area contributed by atoms with Crippen LogP contribution in [0.1, 0.15) is 35.9 Å².